The first-order chi connectivity index (χ1) is 6.77. The Hall–Kier alpha value is -1.29. The predicted molar refractivity (Wildman–Crippen MR) is 47.2 cm³/mol. The maximum atomic E-state index is 11.4. The average molecular weight is 193 g/mol. The zero-order valence-corrected chi connectivity index (χ0v) is 7.84. The van der Waals surface area contributed by atoms with Crippen LogP contribution in [0.2, 0.25) is 0 Å². The van der Waals surface area contributed by atoms with Gasteiger partial charge in [-0.2, -0.15) is 0 Å². The SMILES string of the molecule is C[C@@H]1C(=O)N2C[C@@H](c3ccco3)O[C@H]12. The molecule has 74 valence electrons. The molecule has 3 atom stereocenters. The molecule has 14 heavy (non-hydrogen) atoms. The van der Waals surface area contributed by atoms with Crippen LogP contribution in [0.5, 0.6) is 0 Å². The van der Waals surface area contributed by atoms with Crippen molar-refractivity contribution in [3.8, 4) is 0 Å². The second kappa shape index (κ2) is 2.60. The molecule has 2 saturated heterocycles. The molecule has 1 amide bonds. The Kier molecular flexibility index (Phi) is 1.50. The summed E-state index contributed by atoms with van der Waals surface area (Å²) >= 11 is 0. The van der Waals surface area contributed by atoms with Gasteiger partial charge in [-0.1, -0.05) is 0 Å². The summed E-state index contributed by atoms with van der Waals surface area (Å²) < 4.78 is 10.9. The van der Waals surface area contributed by atoms with Crippen LogP contribution in [0.15, 0.2) is 22.8 Å². The molecule has 0 saturated carbocycles. The maximum Gasteiger partial charge on any atom is 0.232 e. The first-order valence-electron chi connectivity index (χ1n) is 4.77. The van der Waals surface area contributed by atoms with Crippen LogP contribution in [0.25, 0.3) is 0 Å². The van der Waals surface area contributed by atoms with Crippen molar-refractivity contribution in [3.05, 3.63) is 24.2 Å². The summed E-state index contributed by atoms with van der Waals surface area (Å²) in [7, 11) is 0. The topological polar surface area (TPSA) is 42.7 Å². The van der Waals surface area contributed by atoms with E-state index in [0.717, 1.165) is 5.76 Å². The number of nitrogens with zero attached hydrogens (tertiary/aromatic N) is 1. The molecule has 0 unspecified atom stereocenters. The fourth-order valence-corrected chi connectivity index (χ4v) is 2.10. The van der Waals surface area contributed by atoms with E-state index in [1.54, 1.807) is 11.2 Å². The Morgan fingerprint density at radius 2 is 2.43 bits per heavy atom. The summed E-state index contributed by atoms with van der Waals surface area (Å²) in [6.07, 6.45) is 1.51. The summed E-state index contributed by atoms with van der Waals surface area (Å²) in [5, 5.41) is 0. The Bertz CT molecular complexity index is 359. The highest BCUT2D eigenvalue weighted by Gasteiger charge is 2.52. The summed E-state index contributed by atoms with van der Waals surface area (Å²) in [4.78, 5) is 13.1. The van der Waals surface area contributed by atoms with E-state index < -0.39 is 0 Å². The highest BCUT2D eigenvalue weighted by molar-refractivity contribution is 5.85. The third kappa shape index (κ3) is 0.889. The molecule has 3 rings (SSSR count). The molecule has 0 bridgehead atoms. The standard InChI is InChI=1S/C10H11NO3/c1-6-9(12)11-5-8(14-10(6)11)7-3-2-4-13-7/h2-4,6,8,10H,5H2,1H3/t6-,8+,10-/m1/s1. The van der Waals surface area contributed by atoms with E-state index in [-0.39, 0.29) is 24.2 Å². The van der Waals surface area contributed by atoms with E-state index in [2.05, 4.69) is 0 Å². The predicted octanol–water partition coefficient (Wildman–Crippen LogP) is 1.16. The molecule has 0 spiro atoms. The molecule has 3 heterocycles. The quantitative estimate of drug-likeness (QED) is 0.628. The van der Waals surface area contributed by atoms with E-state index in [1.807, 2.05) is 19.1 Å². The fourth-order valence-electron chi connectivity index (χ4n) is 2.10. The van der Waals surface area contributed by atoms with Gasteiger partial charge in [-0.15, -0.1) is 0 Å². The van der Waals surface area contributed by atoms with Gasteiger partial charge in [0.1, 0.15) is 18.1 Å². The molecule has 2 aliphatic heterocycles. The summed E-state index contributed by atoms with van der Waals surface area (Å²) in [6, 6.07) is 3.71. The van der Waals surface area contributed by atoms with Gasteiger partial charge in [-0.3, -0.25) is 4.79 Å². The lowest BCUT2D eigenvalue weighted by molar-refractivity contribution is -0.170. The largest absolute Gasteiger partial charge is 0.467 e. The molecular formula is C10H11NO3. The lowest BCUT2D eigenvalue weighted by Gasteiger charge is -2.38. The van der Waals surface area contributed by atoms with Crippen molar-refractivity contribution in [1.82, 2.24) is 4.90 Å². The minimum Gasteiger partial charge on any atom is -0.467 e. The minimum atomic E-state index is -0.0797. The lowest BCUT2D eigenvalue weighted by Crippen LogP contribution is -2.56. The molecule has 1 aromatic rings. The molecule has 0 radical (unpaired) electrons. The number of furan rings is 1. The Morgan fingerprint density at radius 3 is 3.07 bits per heavy atom. The third-order valence-corrected chi connectivity index (χ3v) is 2.93. The molecule has 2 aliphatic rings. The Balaban J connectivity index is 1.80. The number of amides is 1. The van der Waals surface area contributed by atoms with Crippen molar-refractivity contribution in [2.45, 2.75) is 19.3 Å². The lowest BCUT2D eigenvalue weighted by atomic mass is 9.99. The van der Waals surface area contributed by atoms with Crippen LogP contribution in [0.3, 0.4) is 0 Å². The molecular weight excluding hydrogens is 182 g/mol. The number of fused-ring (bicyclic) bond motifs is 1. The smallest absolute Gasteiger partial charge is 0.232 e. The molecule has 0 aliphatic carbocycles. The third-order valence-electron chi connectivity index (χ3n) is 2.93. The zero-order chi connectivity index (χ0) is 9.71. The fraction of sp³-hybridized carbons (Fsp3) is 0.500. The van der Waals surface area contributed by atoms with E-state index in [9.17, 15) is 4.79 Å². The van der Waals surface area contributed by atoms with Crippen LogP contribution >= 0.6 is 0 Å². The summed E-state index contributed by atoms with van der Waals surface area (Å²) in [5.74, 6) is 0.999. The van der Waals surface area contributed by atoms with Gasteiger partial charge in [-0.05, 0) is 19.1 Å². The van der Waals surface area contributed by atoms with Crippen molar-refractivity contribution < 1.29 is 13.9 Å². The van der Waals surface area contributed by atoms with Gasteiger partial charge in [-0.25, -0.2) is 0 Å². The zero-order valence-electron chi connectivity index (χ0n) is 7.84. The van der Waals surface area contributed by atoms with Crippen LogP contribution < -0.4 is 0 Å². The van der Waals surface area contributed by atoms with Crippen LogP contribution in [0, 0.1) is 5.92 Å². The summed E-state index contributed by atoms with van der Waals surface area (Å²) in [5.41, 5.74) is 0. The van der Waals surface area contributed by atoms with E-state index in [1.165, 1.54) is 0 Å². The van der Waals surface area contributed by atoms with Crippen molar-refractivity contribution >= 4 is 5.91 Å². The van der Waals surface area contributed by atoms with E-state index in [4.69, 9.17) is 9.15 Å². The Labute approximate surface area is 81.4 Å². The molecule has 4 nitrogen and oxygen atoms in total. The number of β-lactam (4-membered cyclic amide) rings is 1. The number of ether oxygens (including phenoxy) is 1. The van der Waals surface area contributed by atoms with Crippen LogP contribution in [-0.4, -0.2) is 23.6 Å². The van der Waals surface area contributed by atoms with Crippen molar-refractivity contribution in [1.29, 1.82) is 0 Å². The van der Waals surface area contributed by atoms with E-state index >= 15 is 0 Å². The van der Waals surface area contributed by atoms with Gasteiger partial charge in [0.25, 0.3) is 0 Å². The first kappa shape index (κ1) is 8.05. The second-order valence-corrected chi connectivity index (χ2v) is 3.81. The molecule has 1 aromatic heterocycles. The highest BCUT2D eigenvalue weighted by Crippen LogP contribution is 2.39. The normalized spacial score (nSPS) is 35.6. The van der Waals surface area contributed by atoms with Gasteiger partial charge in [0.15, 0.2) is 0 Å². The van der Waals surface area contributed by atoms with Gasteiger partial charge >= 0.3 is 0 Å². The van der Waals surface area contributed by atoms with Crippen molar-refractivity contribution in [2.24, 2.45) is 5.92 Å². The number of hydrogen-bond donors (Lipinski definition) is 0. The second-order valence-electron chi connectivity index (χ2n) is 3.81. The highest BCUT2D eigenvalue weighted by atomic mass is 16.5. The number of hydrogen-bond acceptors (Lipinski definition) is 3. The van der Waals surface area contributed by atoms with Gasteiger partial charge < -0.3 is 14.1 Å². The first-order valence-corrected chi connectivity index (χ1v) is 4.77. The monoisotopic (exact) mass is 193 g/mol. The molecule has 4 heteroatoms. The van der Waals surface area contributed by atoms with Gasteiger partial charge in [0.2, 0.25) is 5.91 Å². The average Bonchev–Trinajstić information content (AvgIpc) is 2.84. The Morgan fingerprint density at radius 1 is 1.57 bits per heavy atom. The van der Waals surface area contributed by atoms with Gasteiger partial charge in [0, 0.05) is 0 Å². The van der Waals surface area contributed by atoms with Crippen LogP contribution in [0.4, 0.5) is 0 Å². The van der Waals surface area contributed by atoms with Crippen molar-refractivity contribution in [3.63, 3.8) is 0 Å². The molecule has 0 N–H and O–H groups in total. The number of carbonyl (C=O) groups is 1. The molecule has 0 aromatic carbocycles. The molecule has 2 fully saturated rings. The number of carbonyl (C=O) groups excluding carboxylic acids is 1. The van der Waals surface area contributed by atoms with E-state index in [0.29, 0.717) is 6.54 Å². The van der Waals surface area contributed by atoms with Crippen LogP contribution in [-0.2, 0) is 9.53 Å². The number of rotatable bonds is 1. The van der Waals surface area contributed by atoms with Gasteiger partial charge in [0.05, 0.1) is 18.7 Å². The van der Waals surface area contributed by atoms with Crippen LogP contribution in [0.1, 0.15) is 18.8 Å². The minimum absolute atomic E-state index is 0.00922. The van der Waals surface area contributed by atoms with Crippen molar-refractivity contribution in [2.75, 3.05) is 6.54 Å². The summed E-state index contributed by atoms with van der Waals surface area (Å²) in [6.45, 7) is 2.52. The maximum absolute atomic E-state index is 11.4.